The summed E-state index contributed by atoms with van der Waals surface area (Å²) < 4.78 is 39.0. The number of aromatic nitrogens is 4. The van der Waals surface area contributed by atoms with Crippen LogP contribution in [0.15, 0.2) is 36.9 Å². The van der Waals surface area contributed by atoms with Gasteiger partial charge in [-0.1, -0.05) is 18.5 Å². The number of alkyl halides is 3. The van der Waals surface area contributed by atoms with Crippen molar-refractivity contribution in [1.82, 2.24) is 19.9 Å². The molecule has 1 atom stereocenters. The van der Waals surface area contributed by atoms with Crippen molar-refractivity contribution in [3.05, 3.63) is 68.8 Å². The molecule has 0 radical (unpaired) electrons. The molecule has 0 aliphatic rings. The fraction of sp³-hybridized carbons (Fsp3) is 0.190. The SMILES string of the molecule is CC(CC(=O)c1cc(/C=C/C(N)=O)ncn1)c1ncc(C(=O)Nc2cc(C(F)(F)F)c(Cl)cn2)s1. The molecule has 3 aromatic heterocycles. The summed E-state index contributed by atoms with van der Waals surface area (Å²) in [5.74, 6) is -2.41. The normalized spacial score (nSPS) is 12.5. The number of hydrogen-bond donors (Lipinski definition) is 2. The zero-order valence-electron chi connectivity index (χ0n) is 17.8. The van der Waals surface area contributed by atoms with E-state index in [4.69, 9.17) is 17.3 Å². The molecule has 2 amide bonds. The Labute approximate surface area is 205 Å². The van der Waals surface area contributed by atoms with Gasteiger partial charge in [-0.2, -0.15) is 13.2 Å². The molecular weight excluding hydrogens is 509 g/mol. The third kappa shape index (κ3) is 6.90. The van der Waals surface area contributed by atoms with Crippen molar-refractivity contribution in [3.8, 4) is 0 Å². The molecule has 3 rings (SSSR count). The lowest BCUT2D eigenvalue weighted by Crippen LogP contribution is -2.13. The van der Waals surface area contributed by atoms with Gasteiger partial charge in [-0.15, -0.1) is 11.3 Å². The average molecular weight is 525 g/mol. The molecular formula is C21H16ClF3N6O3S. The van der Waals surface area contributed by atoms with Crippen LogP contribution in [0.1, 0.15) is 55.7 Å². The molecule has 0 aliphatic heterocycles. The molecule has 35 heavy (non-hydrogen) atoms. The molecule has 3 aromatic rings. The largest absolute Gasteiger partial charge is 0.418 e. The third-order valence-corrected chi connectivity index (χ3v) is 5.98. The predicted octanol–water partition coefficient (Wildman–Crippen LogP) is 4.13. The highest BCUT2D eigenvalue weighted by Crippen LogP contribution is 2.35. The number of ketones is 1. The van der Waals surface area contributed by atoms with Crippen molar-refractivity contribution in [2.24, 2.45) is 5.73 Å². The zero-order chi connectivity index (χ0) is 25.8. The van der Waals surface area contributed by atoms with Crippen LogP contribution in [0.4, 0.5) is 19.0 Å². The highest BCUT2D eigenvalue weighted by molar-refractivity contribution is 7.13. The summed E-state index contributed by atoms with van der Waals surface area (Å²) >= 11 is 6.52. The van der Waals surface area contributed by atoms with Crippen LogP contribution in [0.3, 0.4) is 0 Å². The van der Waals surface area contributed by atoms with Gasteiger partial charge in [-0.25, -0.2) is 19.9 Å². The van der Waals surface area contributed by atoms with Crippen LogP contribution in [-0.2, 0) is 11.0 Å². The second kappa shape index (κ2) is 10.7. The lowest BCUT2D eigenvalue weighted by Gasteiger charge is -2.10. The van der Waals surface area contributed by atoms with Gasteiger partial charge in [-0.05, 0) is 18.2 Å². The van der Waals surface area contributed by atoms with E-state index in [1.165, 1.54) is 24.7 Å². The number of carbonyl (C=O) groups is 3. The minimum atomic E-state index is -4.71. The fourth-order valence-electron chi connectivity index (χ4n) is 2.78. The van der Waals surface area contributed by atoms with E-state index in [0.29, 0.717) is 16.8 Å². The van der Waals surface area contributed by atoms with Gasteiger partial charge in [0.2, 0.25) is 5.91 Å². The minimum absolute atomic E-state index is 0.0121. The smallest absolute Gasteiger partial charge is 0.366 e. The Morgan fingerprint density at radius 2 is 1.91 bits per heavy atom. The molecule has 3 N–H and O–H groups in total. The van der Waals surface area contributed by atoms with Gasteiger partial charge in [0.1, 0.15) is 22.7 Å². The first-order chi connectivity index (χ1) is 16.4. The molecule has 9 nitrogen and oxygen atoms in total. The summed E-state index contributed by atoms with van der Waals surface area (Å²) in [6, 6.07) is 2.04. The van der Waals surface area contributed by atoms with Crippen molar-refractivity contribution in [2.75, 3.05) is 5.32 Å². The lowest BCUT2D eigenvalue weighted by molar-refractivity contribution is -0.137. The van der Waals surface area contributed by atoms with Crippen LogP contribution < -0.4 is 11.1 Å². The number of anilines is 1. The van der Waals surface area contributed by atoms with E-state index in [0.717, 1.165) is 23.6 Å². The highest BCUT2D eigenvalue weighted by Gasteiger charge is 2.34. The first kappa shape index (κ1) is 25.9. The van der Waals surface area contributed by atoms with Crippen LogP contribution in [0.2, 0.25) is 5.02 Å². The van der Waals surface area contributed by atoms with Gasteiger partial charge in [-0.3, -0.25) is 14.4 Å². The van der Waals surface area contributed by atoms with Crippen molar-refractivity contribution >= 4 is 52.4 Å². The molecule has 0 aliphatic carbocycles. The number of rotatable bonds is 8. The van der Waals surface area contributed by atoms with Crippen LogP contribution in [0.5, 0.6) is 0 Å². The van der Waals surface area contributed by atoms with Crippen molar-refractivity contribution in [1.29, 1.82) is 0 Å². The number of pyridine rings is 1. The monoisotopic (exact) mass is 524 g/mol. The number of carbonyl (C=O) groups excluding carboxylic acids is 3. The Hall–Kier alpha value is -3.71. The number of Topliss-reactive ketones (excluding diaryl/α,β-unsaturated/α-hetero) is 1. The zero-order valence-corrected chi connectivity index (χ0v) is 19.4. The molecule has 0 saturated heterocycles. The second-order valence-corrected chi connectivity index (χ2v) is 8.63. The Bertz CT molecular complexity index is 1310. The summed E-state index contributed by atoms with van der Waals surface area (Å²) in [5.41, 5.74) is 4.37. The van der Waals surface area contributed by atoms with Crippen molar-refractivity contribution < 1.29 is 27.6 Å². The first-order valence-electron chi connectivity index (χ1n) is 9.76. The van der Waals surface area contributed by atoms with Crippen LogP contribution in [-0.4, -0.2) is 37.5 Å². The van der Waals surface area contributed by atoms with E-state index in [1.54, 1.807) is 6.92 Å². The topological polar surface area (TPSA) is 141 Å². The maximum atomic E-state index is 13.0. The van der Waals surface area contributed by atoms with E-state index in [9.17, 15) is 27.6 Å². The number of primary amides is 1. The summed E-state index contributed by atoms with van der Waals surface area (Å²) in [6.07, 6.45) is 0.996. The van der Waals surface area contributed by atoms with E-state index in [2.05, 4.69) is 25.3 Å². The average Bonchev–Trinajstić information content (AvgIpc) is 3.29. The van der Waals surface area contributed by atoms with E-state index < -0.39 is 28.6 Å². The molecule has 0 saturated carbocycles. The third-order valence-electron chi connectivity index (χ3n) is 4.46. The van der Waals surface area contributed by atoms with Gasteiger partial charge in [0.15, 0.2) is 5.78 Å². The number of halogens is 4. The Morgan fingerprint density at radius 3 is 2.60 bits per heavy atom. The Kier molecular flexibility index (Phi) is 7.92. The minimum Gasteiger partial charge on any atom is -0.366 e. The molecule has 0 aromatic carbocycles. The Morgan fingerprint density at radius 1 is 1.17 bits per heavy atom. The number of thiazole rings is 1. The molecule has 3 heterocycles. The quantitative estimate of drug-likeness (QED) is 0.333. The maximum Gasteiger partial charge on any atom is 0.418 e. The Balaban J connectivity index is 1.67. The number of nitrogens with zero attached hydrogens (tertiary/aromatic N) is 4. The van der Waals surface area contributed by atoms with Crippen molar-refractivity contribution in [2.45, 2.75) is 25.4 Å². The summed E-state index contributed by atoms with van der Waals surface area (Å²) in [7, 11) is 0. The molecule has 182 valence electrons. The molecule has 0 fully saturated rings. The number of amides is 2. The molecule has 14 heteroatoms. The lowest BCUT2D eigenvalue weighted by atomic mass is 10.0. The van der Waals surface area contributed by atoms with E-state index in [-0.39, 0.29) is 34.5 Å². The van der Waals surface area contributed by atoms with Gasteiger partial charge in [0.05, 0.1) is 27.5 Å². The van der Waals surface area contributed by atoms with Crippen molar-refractivity contribution in [3.63, 3.8) is 0 Å². The van der Waals surface area contributed by atoms with Gasteiger partial charge < -0.3 is 11.1 Å². The summed E-state index contributed by atoms with van der Waals surface area (Å²) in [4.78, 5) is 51.8. The molecule has 0 bridgehead atoms. The second-order valence-electron chi connectivity index (χ2n) is 7.16. The summed E-state index contributed by atoms with van der Waals surface area (Å²) in [6.45, 7) is 1.73. The van der Waals surface area contributed by atoms with E-state index in [1.807, 2.05) is 0 Å². The van der Waals surface area contributed by atoms with Gasteiger partial charge in [0.25, 0.3) is 5.91 Å². The highest BCUT2D eigenvalue weighted by atomic mass is 35.5. The summed E-state index contributed by atoms with van der Waals surface area (Å²) in [5, 5.41) is 2.16. The van der Waals surface area contributed by atoms with Crippen LogP contribution in [0.25, 0.3) is 6.08 Å². The number of nitrogens with one attached hydrogen (secondary N) is 1. The van der Waals surface area contributed by atoms with Crippen LogP contribution >= 0.6 is 22.9 Å². The number of hydrogen-bond acceptors (Lipinski definition) is 8. The standard InChI is InChI=1S/C21H16ClF3N6O3S/c1-10(4-15(32)14-5-11(29-9-30-14)2-3-17(26)33)20-28-8-16(35-20)19(34)31-18-6-12(21(23,24)25)13(22)7-27-18/h2-3,5-10H,4H2,1H3,(H2,26,33)(H,27,31,34)/b3-2+. The molecule has 0 spiro atoms. The maximum absolute atomic E-state index is 13.0. The first-order valence-corrected chi connectivity index (χ1v) is 11.0. The van der Waals surface area contributed by atoms with Crippen LogP contribution in [0, 0.1) is 0 Å². The van der Waals surface area contributed by atoms with Gasteiger partial charge in [0, 0.05) is 24.6 Å². The fourth-order valence-corrected chi connectivity index (χ4v) is 3.85. The molecule has 1 unspecified atom stereocenters. The predicted molar refractivity (Wildman–Crippen MR) is 122 cm³/mol. The van der Waals surface area contributed by atoms with E-state index >= 15 is 0 Å². The van der Waals surface area contributed by atoms with Gasteiger partial charge >= 0.3 is 6.18 Å². The number of nitrogens with two attached hydrogens (primary N) is 1.